The topological polar surface area (TPSA) is 26.0 Å². The molecular weight excluding hydrogens is 129 g/mol. The third kappa shape index (κ3) is 1.54. The van der Waals surface area contributed by atoms with Crippen molar-refractivity contribution in [3.8, 4) is 0 Å². The number of hydrogen-bond acceptors (Lipinski definition) is 1. The van der Waals surface area contributed by atoms with Crippen LogP contribution in [0, 0.1) is 0 Å². The van der Waals surface area contributed by atoms with E-state index >= 15 is 0 Å². The predicted molar refractivity (Wildman–Crippen MR) is 39.3 cm³/mol. The first kappa shape index (κ1) is 7.22. The minimum atomic E-state index is -1.01. The van der Waals surface area contributed by atoms with E-state index in [4.69, 9.17) is 5.73 Å². The van der Waals surface area contributed by atoms with Crippen molar-refractivity contribution < 1.29 is 4.39 Å². The lowest BCUT2D eigenvalue weighted by atomic mass is 10.1. The molecule has 0 aliphatic heterocycles. The molecule has 1 atom stereocenters. The standard InChI is InChI=1S/C8H10FN/c9-8(6-10)7-4-2-1-3-5-7/h1-5,8H,6,10H2/t8-/m0/s1. The van der Waals surface area contributed by atoms with E-state index in [2.05, 4.69) is 0 Å². The maximum Gasteiger partial charge on any atom is 0.137 e. The average molecular weight is 139 g/mol. The van der Waals surface area contributed by atoms with Crippen LogP contribution in [-0.4, -0.2) is 6.54 Å². The summed E-state index contributed by atoms with van der Waals surface area (Å²) in [5, 5.41) is 0. The van der Waals surface area contributed by atoms with E-state index in [1.54, 1.807) is 24.3 Å². The van der Waals surface area contributed by atoms with Crippen LogP contribution in [0.15, 0.2) is 30.3 Å². The lowest BCUT2D eigenvalue weighted by Gasteiger charge is -2.02. The number of hydrogen-bond donors (Lipinski definition) is 1. The van der Waals surface area contributed by atoms with Gasteiger partial charge in [0.05, 0.1) is 0 Å². The Morgan fingerprint density at radius 2 is 1.90 bits per heavy atom. The monoisotopic (exact) mass is 139 g/mol. The van der Waals surface area contributed by atoms with Crippen LogP contribution in [0.1, 0.15) is 11.7 Å². The summed E-state index contributed by atoms with van der Waals surface area (Å²) in [4.78, 5) is 0. The smallest absolute Gasteiger partial charge is 0.137 e. The van der Waals surface area contributed by atoms with Crippen LogP contribution in [0.4, 0.5) is 4.39 Å². The van der Waals surface area contributed by atoms with E-state index in [1.807, 2.05) is 6.07 Å². The van der Waals surface area contributed by atoms with Crippen molar-refractivity contribution in [2.45, 2.75) is 6.17 Å². The molecule has 2 N–H and O–H groups in total. The maximum atomic E-state index is 12.7. The second-order valence-corrected chi connectivity index (χ2v) is 2.11. The first-order chi connectivity index (χ1) is 4.84. The van der Waals surface area contributed by atoms with Crippen LogP contribution < -0.4 is 5.73 Å². The molecule has 0 amide bonds. The summed E-state index contributed by atoms with van der Waals surface area (Å²) in [5.41, 5.74) is 5.79. The number of halogens is 1. The van der Waals surface area contributed by atoms with Gasteiger partial charge in [0, 0.05) is 6.54 Å². The Hall–Kier alpha value is -0.890. The molecule has 0 fully saturated rings. The lowest BCUT2D eigenvalue weighted by Crippen LogP contribution is -2.07. The summed E-state index contributed by atoms with van der Waals surface area (Å²) in [6.45, 7) is 0.0595. The lowest BCUT2D eigenvalue weighted by molar-refractivity contribution is 0.353. The zero-order valence-electron chi connectivity index (χ0n) is 5.63. The quantitative estimate of drug-likeness (QED) is 0.662. The number of rotatable bonds is 2. The summed E-state index contributed by atoms with van der Waals surface area (Å²) in [5.74, 6) is 0. The van der Waals surface area contributed by atoms with Gasteiger partial charge in [-0.05, 0) is 5.56 Å². The van der Waals surface area contributed by atoms with Gasteiger partial charge in [-0.25, -0.2) is 4.39 Å². The fourth-order valence-electron chi connectivity index (χ4n) is 0.798. The van der Waals surface area contributed by atoms with E-state index in [1.165, 1.54) is 0 Å². The molecule has 2 heteroatoms. The predicted octanol–water partition coefficient (Wildman–Crippen LogP) is 1.66. The summed E-state index contributed by atoms with van der Waals surface area (Å²) in [6.07, 6.45) is -1.01. The van der Waals surface area contributed by atoms with Crippen molar-refractivity contribution in [1.82, 2.24) is 0 Å². The third-order valence-corrected chi connectivity index (χ3v) is 1.37. The Labute approximate surface area is 59.7 Å². The van der Waals surface area contributed by atoms with Crippen molar-refractivity contribution in [2.75, 3.05) is 6.54 Å². The van der Waals surface area contributed by atoms with Crippen molar-refractivity contribution >= 4 is 0 Å². The van der Waals surface area contributed by atoms with E-state index < -0.39 is 6.17 Å². The van der Waals surface area contributed by atoms with Gasteiger partial charge in [-0.15, -0.1) is 0 Å². The zero-order chi connectivity index (χ0) is 7.40. The largest absolute Gasteiger partial charge is 0.327 e. The van der Waals surface area contributed by atoms with Crippen LogP contribution >= 0.6 is 0 Å². The summed E-state index contributed by atoms with van der Waals surface area (Å²) >= 11 is 0. The Morgan fingerprint density at radius 3 is 2.40 bits per heavy atom. The van der Waals surface area contributed by atoms with Gasteiger partial charge in [0.1, 0.15) is 6.17 Å². The molecule has 0 radical (unpaired) electrons. The number of benzene rings is 1. The van der Waals surface area contributed by atoms with Gasteiger partial charge in [0.25, 0.3) is 0 Å². The van der Waals surface area contributed by atoms with E-state index in [0.29, 0.717) is 5.56 Å². The highest BCUT2D eigenvalue weighted by Gasteiger charge is 2.03. The van der Waals surface area contributed by atoms with Crippen LogP contribution in [-0.2, 0) is 0 Å². The van der Waals surface area contributed by atoms with Crippen molar-refractivity contribution in [3.63, 3.8) is 0 Å². The highest BCUT2D eigenvalue weighted by atomic mass is 19.1. The molecule has 0 saturated heterocycles. The molecule has 54 valence electrons. The normalized spacial score (nSPS) is 13.0. The van der Waals surface area contributed by atoms with Gasteiger partial charge < -0.3 is 5.73 Å². The first-order valence-corrected chi connectivity index (χ1v) is 3.23. The molecule has 1 rings (SSSR count). The second-order valence-electron chi connectivity index (χ2n) is 2.11. The molecule has 0 aliphatic carbocycles. The zero-order valence-corrected chi connectivity index (χ0v) is 5.63. The molecule has 1 nitrogen and oxygen atoms in total. The molecule has 0 saturated carbocycles. The fourth-order valence-corrected chi connectivity index (χ4v) is 0.798. The maximum absolute atomic E-state index is 12.7. The van der Waals surface area contributed by atoms with Gasteiger partial charge in [0.2, 0.25) is 0 Å². The van der Waals surface area contributed by atoms with Crippen LogP contribution in [0.5, 0.6) is 0 Å². The van der Waals surface area contributed by atoms with Gasteiger partial charge >= 0.3 is 0 Å². The Bertz CT molecular complexity index is 186. The van der Waals surface area contributed by atoms with Gasteiger partial charge in [-0.1, -0.05) is 30.3 Å². The molecule has 0 bridgehead atoms. The highest BCUT2D eigenvalue weighted by molar-refractivity contribution is 5.17. The van der Waals surface area contributed by atoms with Gasteiger partial charge in [-0.3, -0.25) is 0 Å². The summed E-state index contributed by atoms with van der Waals surface area (Å²) in [7, 11) is 0. The minimum absolute atomic E-state index is 0.0595. The Kier molecular flexibility index (Phi) is 2.40. The first-order valence-electron chi connectivity index (χ1n) is 3.23. The summed E-state index contributed by atoms with van der Waals surface area (Å²) < 4.78 is 12.7. The van der Waals surface area contributed by atoms with Crippen molar-refractivity contribution in [3.05, 3.63) is 35.9 Å². The second kappa shape index (κ2) is 3.32. The van der Waals surface area contributed by atoms with E-state index in [0.717, 1.165) is 0 Å². The van der Waals surface area contributed by atoms with Crippen molar-refractivity contribution in [1.29, 1.82) is 0 Å². The Balaban J connectivity index is 2.75. The van der Waals surface area contributed by atoms with Gasteiger partial charge in [-0.2, -0.15) is 0 Å². The molecule has 10 heavy (non-hydrogen) atoms. The minimum Gasteiger partial charge on any atom is -0.327 e. The van der Waals surface area contributed by atoms with Crippen LogP contribution in [0.2, 0.25) is 0 Å². The highest BCUT2D eigenvalue weighted by Crippen LogP contribution is 2.13. The molecule has 1 aromatic rings. The molecule has 0 spiro atoms. The van der Waals surface area contributed by atoms with Crippen molar-refractivity contribution in [2.24, 2.45) is 5.73 Å². The van der Waals surface area contributed by atoms with Crippen LogP contribution in [0.25, 0.3) is 0 Å². The van der Waals surface area contributed by atoms with Gasteiger partial charge in [0.15, 0.2) is 0 Å². The molecule has 0 heterocycles. The van der Waals surface area contributed by atoms with Crippen LogP contribution in [0.3, 0.4) is 0 Å². The molecule has 0 aliphatic rings. The molecular formula is C8H10FN. The molecule has 0 aromatic heterocycles. The average Bonchev–Trinajstić information content (AvgIpc) is 2.05. The molecule has 1 aromatic carbocycles. The summed E-state index contributed by atoms with van der Waals surface area (Å²) in [6, 6.07) is 8.93. The Morgan fingerprint density at radius 1 is 1.30 bits per heavy atom. The number of nitrogens with two attached hydrogens (primary N) is 1. The van der Waals surface area contributed by atoms with E-state index in [-0.39, 0.29) is 6.54 Å². The molecule has 0 unspecified atom stereocenters. The third-order valence-electron chi connectivity index (χ3n) is 1.37. The SMILES string of the molecule is NC[C@H](F)c1ccccc1. The van der Waals surface area contributed by atoms with E-state index in [9.17, 15) is 4.39 Å². The number of alkyl halides is 1. The fraction of sp³-hybridized carbons (Fsp3) is 0.250.